The van der Waals surface area contributed by atoms with Crippen LogP contribution in [-0.4, -0.2) is 9.55 Å². The fourth-order valence-electron chi connectivity index (χ4n) is 2.55. The summed E-state index contributed by atoms with van der Waals surface area (Å²) >= 11 is 8.63. The zero-order valence-electron chi connectivity index (χ0n) is 11.8. The van der Waals surface area contributed by atoms with Crippen molar-refractivity contribution in [2.75, 3.05) is 0 Å². The van der Waals surface area contributed by atoms with E-state index >= 15 is 0 Å². The molecule has 1 aromatic heterocycles. The summed E-state index contributed by atoms with van der Waals surface area (Å²) in [5.41, 5.74) is 3.52. The first-order chi connectivity index (χ1) is 10.1. The van der Waals surface area contributed by atoms with Gasteiger partial charge in [-0.3, -0.25) is 0 Å². The van der Waals surface area contributed by atoms with Gasteiger partial charge >= 0.3 is 0 Å². The molecule has 108 valence electrons. The van der Waals surface area contributed by atoms with Crippen molar-refractivity contribution in [1.82, 2.24) is 9.55 Å². The van der Waals surface area contributed by atoms with Crippen LogP contribution < -0.4 is 0 Å². The fraction of sp³-hybridized carbons (Fsp3) is 0.235. The minimum atomic E-state index is -0.0918. The number of fused-ring (bicyclic) bond motifs is 1. The summed E-state index contributed by atoms with van der Waals surface area (Å²) in [5, 5.41) is -0.0918. The van der Waals surface area contributed by atoms with Crippen LogP contribution in [0, 0.1) is 3.57 Å². The van der Waals surface area contributed by atoms with E-state index in [9.17, 15) is 0 Å². The van der Waals surface area contributed by atoms with Crippen molar-refractivity contribution in [3.8, 4) is 0 Å². The largest absolute Gasteiger partial charge is 0.326 e. The number of halogens is 2. The molecule has 4 heteroatoms. The average Bonchev–Trinajstić information content (AvgIpc) is 2.84. The standard InChI is InChI=1S/C17H16ClIN2/c1-12(18)17-20-15-11-14(19)7-8-16(15)21(17)10-9-13-5-3-2-4-6-13/h2-8,11-12H,9-10H2,1H3. The number of aromatic nitrogens is 2. The van der Waals surface area contributed by atoms with Gasteiger partial charge in [-0.2, -0.15) is 0 Å². The van der Waals surface area contributed by atoms with Gasteiger partial charge in [0, 0.05) is 10.1 Å². The van der Waals surface area contributed by atoms with E-state index in [0.717, 1.165) is 29.8 Å². The average molecular weight is 411 g/mol. The highest BCUT2D eigenvalue weighted by Crippen LogP contribution is 2.26. The Kier molecular flexibility index (Phi) is 4.50. The van der Waals surface area contributed by atoms with Gasteiger partial charge < -0.3 is 4.57 Å². The monoisotopic (exact) mass is 410 g/mol. The van der Waals surface area contributed by atoms with Crippen molar-refractivity contribution >= 4 is 45.2 Å². The Morgan fingerprint density at radius 1 is 1.19 bits per heavy atom. The normalized spacial score (nSPS) is 12.7. The predicted molar refractivity (Wildman–Crippen MR) is 96.9 cm³/mol. The van der Waals surface area contributed by atoms with Crippen LogP contribution in [0.2, 0.25) is 0 Å². The van der Waals surface area contributed by atoms with Gasteiger partial charge in [-0.05, 0) is 59.7 Å². The lowest BCUT2D eigenvalue weighted by atomic mass is 10.1. The molecule has 0 fully saturated rings. The fourth-order valence-corrected chi connectivity index (χ4v) is 3.19. The minimum absolute atomic E-state index is 0.0918. The molecule has 0 saturated heterocycles. The van der Waals surface area contributed by atoms with Crippen LogP contribution >= 0.6 is 34.2 Å². The summed E-state index contributed by atoms with van der Waals surface area (Å²) in [6, 6.07) is 16.9. The number of hydrogen-bond acceptors (Lipinski definition) is 1. The van der Waals surface area contributed by atoms with Crippen LogP contribution in [0.15, 0.2) is 48.5 Å². The molecular weight excluding hydrogens is 395 g/mol. The molecule has 2 nitrogen and oxygen atoms in total. The Bertz CT molecular complexity index is 750. The zero-order chi connectivity index (χ0) is 14.8. The van der Waals surface area contributed by atoms with E-state index in [1.165, 1.54) is 9.13 Å². The Balaban J connectivity index is 1.97. The number of imidazole rings is 1. The number of rotatable bonds is 4. The molecule has 0 aliphatic carbocycles. The third-order valence-electron chi connectivity index (χ3n) is 3.56. The second-order valence-corrected chi connectivity index (χ2v) is 7.01. The van der Waals surface area contributed by atoms with Crippen LogP contribution in [0.5, 0.6) is 0 Å². The quantitative estimate of drug-likeness (QED) is 0.428. The number of benzene rings is 2. The van der Waals surface area contributed by atoms with Gasteiger partial charge in [0.1, 0.15) is 5.82 Å². The van der Waals surface area contributed by atoms with Crippen LogP contribution in [0.4, 0.5) is 0 Å². The lowest BCUT2D eigenvalue weighted by molar-refractivity contribution is 0.668. The molecule has 0 radical (unpaired) electrons. The van der Waals surface area contributed by atoms with Crippen molar-refractivity contribution in [3.05, 3.63) is 63.5 Å². The molecule has 0 N–H and O–H groups in total. The molecule has 0 aliphatic heterocycles. The zero-order valence-corrected chi connectivity index (χ0v) is 14.7. The Hall–Kier alpha value is -1.07. The number of hydrogen-bond donors (Lipinski definition) is 0. The summed E-state index contributed by atoms with van der Waals surface area (Å²) in [5.74, 6) is 0.949. The molecule has 0 bridgehead atoms. The van der Waals surface area contributed by atoms with Crippen molar-refractivity contribution in [1.29, 1.82) is 0 Å². The number of alkyl halides is 1. The van der Waals surface area contributed by atoms with Gasteiger partial charge in [0.2, 0.25) is 0 Å². The number of nitrogens with zero attached hydrogens (tertiary/aromatic N) is 2. The molecule has 0 spiro atoms. The summed E-state index contributed by atoms with van der Waals surface area (Å²) < 4.78 is 3.44. The van der Waals surface area contributed by atoms with Crippen molar-refractivity contribution in [3.63, 3.8) is 0 Å². The van der Waals surface area contributed by atoms with E-state index in [-0.39, 0.29) is 5.38 Å². The van der Waals surface area contributed by atoms with Crippen LogP contribution in [-0.2, 0) is 13.0 Å². The van der Waals surface area contributed by atoms with Crippen molar-refractivity contribution in [2.45, 2.75) is 25.3 Å². The first-order valence-corrected chi connectivity index (χ1v) is 8.50. The summed E-state index contributed by atoms with van der Waals surface area (Å²) in [7, 11) is 0. The molecular formula is C17H16ClIN2. The molecule has 1 atom stereocenters. The maximum atomic E-state index is 6.32. The molecule has 1 heterocycles. The van der Waals surface area contributed by atoms with Crippen LogP contribution in [0.3, 0.4) is 0 Å². The van der Waals surface area contributed by atoms with Gasteiger partial charge in [0.05, 0.1) is 16.4 Å². The highest BCUT2D eigenvalue weighted by atomic mass is 127. The smallest absolute Gasteiger partial charge is 0.127 e. The Morgan fingerprint density at radius 2 is 1.95 bits per heavy atom. The summed E-state index contributed by atoms with van der Waals surface area (Å²) in [6.07, 6.45) is 0.981. The molecule has 1 unspecified atom stereocenters. The summed E-state index contributed by atoms with van der Waals surface area (Å²) in [4.78, 5) is 4.71. The van der Waals surface area contributed by atoms with Crippen LogP contribution in [0.25, 0.3) is 11.0 Å². The second kappa shape index (κ2) is 6.36. The van der Waals surface area contributed by atoms with Gasteiger partial charge in [-0.15, -0.1) is 11.6 Å². The van der Waals surface area contributed by atoms with E-state index in [1.54, 1.807) is 0 Å². The highest BCUT2D eigenvalue weighted by Gasteiger charge is 2.14. The molecule has 21 heavy (non-hydrogen) atoms. The van der Waals surface area contributed by atoms with Crippen molar-refractivity contribution in [2.24, 2.45) is 0 Å². The van der Waals surface area contributed by atoms with Gasteiger partial charge in [0.15, 0.2) is 0 Å². The van der Waals surface area contributed by atoms with Crippen LogP contribution in [0.1, 0.15) is 23.7 Å². The molecule has 3 rings (SSSR count). The third-order valence-corrected chi connectivity index (χ3v) is 4.43. The lowest BCUT2D eigenvalue weighted by Gasteiger charge is -2.10. The van der Waals surface area contributed by atoms with E-state index in [4.69, 9.17) is 16.6 Å². The molecule has 0 aliphatic rings. The van der Waals surface area contributed by atoms with Gasteiger partial charge in [0.25, 0.3) is 0 Å². The SMILES string of the molecule is CC(Cl)c1nc2cc(I)ccc2n1CCc1ccccc1. The van der Waals surface area contributed by atoms with E-state index in [0.29, 0.717) is 0 Å². The Morgan fingerprint density at radius 3 is 2.67 bits per heavy atom. The van der Waals surface area contributed by atoms with Crippen molar-refractivity contribution < 1.29 is 0 Å². The topological polar surface area (TPSA) is 17.8 Å². The summed E-state index contributed by atoms with van der Waals surface area (Å²) in [6.45, 7) is 2.88. The van der Waals surface area contributed by atoms with E-state index in [2.05, 4.69) is 69.6 Å². The molecule has 3 aromatic rings. The Labute approximate surface area is 143 Å². The van der Waals surface area contributed by atoms with E-state index < -0.39 is 0 Å². The molecule has 2 aromatic carbocycles. The molecule has 0 amide bonds. The minimum Gasteiger partial charge on any atom is -0.326 e. The van der Waals surface area contributed by atoms with Gasteiger partial charge in [-0.1, -0.05) is 30.3 Å². The lowest BCUT2D eigenvalue weighted by Crippen LogP contribution is -2.06. The third kappa shape index (κ3) is 3.24. The molecule has 0 saturated carbocycles. The van der Waals surface area contributed by atoms with Gasteiger partial charge in [-0.25, -0.2) is 4.98 Å². The van der Waals surface area contributed by atoms with E-state index in [1.807, 2.05) is 13.0 Å². The number of aryl methyl sites for hydroxylation is 2. The predicted octanol–water partition coefficient (Wildman–Crippen LogP) is 5.18. The first kappa shape index (κ1) is 14.9. The maximum Gasteiger partial charge on any atom is 0.127 e. The highest BCUT2D eigenvalue weighted by molar-refractivity contribution is 14.1. The maximum absolute atomic E-state index is 6.32. The first-order valence-electron chi connectivity index (χ1n) is 6.99. The second-order valence-electron chi connectivity index (χ2n) is 5.11.